The number of carbonyl (C=O) groups excluding carboxylic acids is 1. The summed E-state index contributed by atoms with van der Waals surface area (Å²) in [7, 11) is 4.99. The minimum Gasteiger partial charge on any atom is -0.480 e. The molecule has 1 aliphatic heterocycles. The van der Waals surface area contributed by atoms with Gasteiger partial charge in [-0.25, -0.2) is 9.18 Å². The number of carbonyl (C=O) groups is 1. The van der Waals surface area contributed by atoms with Crippen LogP contribution in [0.25, 0.3) is 10.9 Å². The Balaban J connectivity index is 1.64. The Bertz CT molecular complexity index is 1130. The van der Waals surface area contributed by atoms with E-state index in [4.69, 9.17) is 25.8 Å². The topological polar surface area (TPSA) is 89.9 Å². The van der Waals surface area contributed by atoms with Crippen LogP contribution in [0.2, 0.25) is 5.15 Å². The Labute approximate surface area is 209 Å². The maximum absolute atomic E-state index is 14.9. The first-order chi connectivity index (χ1) is 16.5. The van der Waals surface area contributed by atoms with Gasteiger partial charge in [0.25, 0.3) is 0 Å². The van der Waals surface area contributed by atoms with Crippen molar-refractivity contribution in [3.8, 4) is 11.9 Å². The number of hydrogen-bond donors (Lipinski definition) is 0. The molecule has 2 fully saturated rings. The molecule has 0 aromatic carbocycles. The van der Waals surface area contributed by atoms with E-state index in [0.29, 0.717) is 24.4 Å². The summed E-state index contributed by atoms with van der Waals surface area (Å²) in [4.78, 5) is 29.4. The molecule has 9 nitrogen and oxygen atoms in total. The van der Waals surface area contributed by atoms with E-state index in [-0.39, 0.29) is 40.1 Å². The molecule has 1 saturated heterocycles. The normalized spacial score (nSPS) is 22.2. The van der Waals surface area contributed by atoms with E-state index in [2.05, 4.69) is 15.0 Å². The summed E-state index contributed by atoms with van der Waals surface area (Å²) in [5, 5.41) is -0.0177. The maximum Gasteiger partial charge on any atom is 0.410 e. The second-order valence-electron chi connectivity index (χ2n) is 10.5. The van der Waals surface area contributed by atoms with Crippen molar-refractivity contribution in [2.45, 2.75) is 64.5 Å². The number of anilines is 1. The van der Waals surface area contributed by atoms with Crippen molar-refractivity contribution < 1.29 is 23.4 Å². The molecule has 0 N–H and O–H groups in total. The van der Waals surface area contributed by atoms with Crippen LogP contribution >= 0.6 is 11.6 Å². The van der Waals surface area contributed by atoms with Gasteiger partial charge in [-0.1, -0.05) is 18.0 Å². The Morgan fingerprint density at radius 1 is 1.23 bits per heavy atom. The first-order valence-electron chi connectivity index (χ1n) is 11.9. The zero-order valence-electron chi connectivity index (χ0n) is 21.2. The largest absolute Gasteiger partial charge is 0.480 e. The standard InChI is InChI=1S/C24H33ClFN5O4/c1-23(2,3)35-22(32)31-12-8-11-24(10-7-9-14(24)31)13-34-21-27-17-15(19(29-21)30(4)5)20(33-6)28-18(25)16(17)26/h14H,7-13H2,1-6H3/t14-,24-/m1/s1. The van der Waals surface area contributed by atoms with Gasteiger partial charge in [0.05, 0.1) is 13.7 Å². The predicted octanol–water partition coefficient (Wildman–Crippen LogP) is 4.84. The number of piperidine rings is 1. The first kappa shape index (κ1) is 25.5. The third kappa shape index (κ3) is 4.90. The molecule has 0 bridgehead atoms. The van der Waals surface area contributed by atoms with Gasteiger partial charge in [0, 0.05) is 32.1 Å². The second kappa shape index (κ2) is 9.44. The summed E-state index contributed by atoms with van der Waals surface area (Å²) in [5.74, 6) is -0.218. The lowest BCUT2D eigenvalue weighted by Crippen LogP contribution is -2.55. The first-order valence-corrected chi connectivity index (χ1v) is 12.2. The fraction of sp³-hybridized carbons (Fsp3) is 0.667. The van der Waals surface area contributed by atoms with E-state index >= 15 is 0 Å². The van der Waals surface area contributed by atoms with E-state index in [1.807, 2.05) is 25.7 Å². The predicted molar refractivity (Wildman–Crippen MR) is 131 cm³/mol. The molecule has 2 aliphatic rings. The molecular weight excluding hydrogens is 477 g/mol. The Morgan fingerprint density at radius 3 is 2.60 bits per heavy atom. The van der Waals surface area contributed by atoms with Crippen LogP contribution in [-0.4, -0.2) is 71.9 Å². The minimum atomic E-state index is -0.761. The number of pyridine rings is 1. The molecule has 2 aromatic heterocycles. The van der Waals surface area contributed by atoms with Crippen LogP contribution < -0.4 is 14.4 Å². The lowest BCUT2D eigenvalue weighted by molar-refractivity contribution is -0.0282. The van der Waals surface area contributed by atoms with E-state index in [9.17, 15) is 9.18 Å². The highest BCUT2D eigenvalue weighted by Gasteiger charge is 2.50. The number of hydrogen-bond acceptors (Lipinski definition) is 8. The van der Waals surface area contributed by atoms with Crippen molar-refractivity contribution in [2.24, 2.45) is 5.41 Å². The third-order valence-electron chi connectivity index (χ3n) is 6.71. The molecule has 2 atom stereocenters. The molecule has 2 aromatic rings. The number of rotatable bonds is 5. The summed E-state index contributed by atoms with van der Waals surface area (Å²) < 4.78 is 32.1. The number of ether oxygens (including phenoxy) is 3. The zero-order chi connectivity index (χ0) is 25.5. The monoisotopic (exact) mass is 509 g/mol. The van der Waals surface area contributed by atoms with Gasteiger partial charge in [0.1, 0.15) is 22.3 Å². The van der Waals surface area contributed by atoms with E-state index in [0.717, 1.165) is 32.1 Å². The molecule has 4 rings (SSSR count). The van der Waals surface area contributed by atoms with Crippen molar-refractivity contribution in [1.82, 2.24) is 19.9 Å². The van der Waals surface area contributed by atoms with Crippen molar-refractivity contribution in [1.29, 1.82) is 0 Å². The average molecular weight is 510 g/mol. The van der Waals surface area contributed by atoms with Crippen molar-refractivity contribution in [2.75, 3.05) is 39.3 Å². The number of fused-ring (bicyclic) bond motifs is 2. The Morgan fingerprint density at radius 2 is 1.94 bits per heavy atom. The molecule has 0 spiro atoms. The lowest BCUT2D eigenvalue weighted by Gasteiger charge is -2.46. The zero-order valence-corrected chi connectivity index (χ0v) is 21.9. The van der Waals surface area contributed by atoms with Crippen LogP contribution in [0.3, 0.4) is 0 Å². The molecule has 35 heavy (non-hydrogen) atoms. The third-order valence-corrected chi connectivity index (χ3v) is 6.97. The Hall–Kier alpha value is -2.62. The summed E-state index contributed by atoms with van der Waals surface area (Å²) in [6.45, 7) is 6.58. The molecule has 11 heteroatoms. The molecule has 0 radical (unpaired) electrons. The van der Waals surface area contributed by atoms with Gasteiger partial charge < -0.3 is 24.0 Å². The fourth-order valence-electron chi connectivity index (χ4n) is 5.26. The number of methoxy groups -OCH3 is 1. The molecule has 1 amide bonds. The van der Waals surface area contributed by atoms with Gasteiger partial charge >= 0.3 is 12.1 Å². The van der Waals surface area contributed by atoms with Crippen LogP contribution in [0.15, 0.2) is 0 Å². The second-order valence-corrected chi connectivity index (χ2v) is 10.9. The molecule has 0 unspecified atom stereocenters. The average Bonchev–Trinajstić information content (AvgIpc) is 3.22. The molecule has 3 heterocycles. The highest BCUT2D eigenvalue weighted by atomic mass is 35.5. The van der Waals surface area contributed by atoms with Gasteiger partial charge in [0.2, 0.25) is 5.88 Å². The van der Waals surface area contributed by atoms with Gasteiger partial charge in [-0.15, -0.1) is 0 Å². The lowest BCUT2D eigenvalue weighted by atomic mass is 9.75. The van der Waals surface area contributed by atoms with Gasteiger partial charge in [-0.05, 0) is 46.5 Å². The van der Waals surface area contributed by atoms with E-state index in [1.54, 1.807) is 19.0 Å². The number of likely N-dealkylation sites (tertiary alicyclic amines) is 1. The fourth-order valence-corrected chi connectivity index (χ4v) is 5.42. The summed E-state index contributed by atoms with van der Waals surface area (Å²) in [5.41, 5.74) is -0.817. The van der Waals surface area contributed by atoms with E-state index in [1.165, 1.54) is 7.11 Å². The molecule has 1 saturated carbocycles. The number of aromatic nitrogens is 3. The summed E-state index contributed by atoms with van der Waals surface area (Å²) >= 11 is 5.99. The maximum atomic E-state index is 14.9. The van der Waals surface area contributed by atoms with Crippen molar-refractivity contribution >= 4 is 34.4 Å². The van der Waals surface area contributed by atoms with Gasteiger partial charge in [0.15, 0.2) is 11.0 Å². The molecular formula is C24H33ClFN5O4. The van der Waals surface area contributed by atoms with Crippen LogP contribution in [-0.2, 0) is 4.74 Å². The van der Waals surface area contributed by atoms with E-state index < -0.39 is 11.4 Å². The smallest absolute Gasteiger partial charge is 0.410 e. The highest BCUT2D eigenvalue weighted by molar-refractivity contribution is 6.30. The number of nitrogens with zero attached hydrogens (tertiary/aromatic N) is 5. The summed E-state index contributed by atoms with van der Waals surface area (Å²) in [6.07, 6.45) is 4.28. The summed E-state index contributed by atoms with van der Waals surface area (Å²) in [6, 6.07) is 0.0502. The van der Waals surface area contributed by atoms with Crippen LogP contribution in [0.4, 0.5) is 15.0 Å². The molecule has 1 aliphatic carbocycles. The van der Waals surface area contributed by atoms with Crippen LogP contribution in [0, 0.1) is 11.2 Å². The van der Waals surface area contributed by atoms with Crippen molar-refractivity contribution in [3.63, 3.8) is 0 Å². The SMILES string of the molecule is COc1nc(Cl)c(F)c2nc(OC[C@]34CCC[C@H]3N(C(=O)OC(C)(C)C)CCC4)nc(N(C)C)c12. The molecule has 192 valence electrons. The van der Waals surface area contributed by atoms with Gasteiger partial charge in [-0.3, -0.25) is 0 Å². The number of amides is 1. The number of halogens is 2. The highest BCUT2D eigenvalue weighted by Crippen LogP contribution is 2.48. The van der Waals surface area contributed by atoms with Crippen molar-refractivity contribution in [3.05, 3.63) is 11.0 Å². The van der Waals surface area contributed by atoms with Crippen LogP contribution in [0.1, 0.15) is 52.9 Å². The van der Waals surface area contributed by atoms with Crippen LogP contribution in [0.5, 0.6) is 11.9 Å². The quantitative estimate of drug-likeness (QED) is 0.529. The van der Waals surface area contributed by atoms with Gasteiger partial charge in [-0.2, -0.15) is 15.0 Å². The minimum absolute atomic E-state index is 0.00958. The Kier molecular flexibility index (Phi) is 6.87.